The first-order valence-corrected chi connectivity index (χ1v) is 7.55. The molecule has 0 spiro atoms. The van der Waals surface area contributed by atoms with Crippen molar-refractivity contribution in [2.45, 2.75) is 39.2 Å². The Kier molecular flexibility index (Phi) is 6.90. The number of hydrogen-bond acceptors (Lipinski definition) is 2. The van der Waals surface area contributed by atoms with Gasteiger partial charge in [-0.2, -0.15) is 0 Å². The normalized spacial score (nSPS) is 13.0. The summed E-state index contributed by atoms with van der Waals surface area (Å²) in [7, 11) is 2.17. The Morgan fingerprint density at radius 2 is 2.06 bits per heavy atom. The second kappa shape index (κ2) is 7.93. The molecule has 0 radical (unpaired) electrons. The van der Waals surface area contributed by atoms with Crippen LogP contribution in [0.4, 0.5) is 0 Å². The highest BCUT2D eigenvalue weighted by Gasteiger charge is 2.15. The second-order valence-electron chi connectivity index (χ2n) is 4.95. The van der Waals surface area contributed by atoms with Gasteiger partial charge < -0.3 is 5.73 Å². The van der Waals surface area contributed by atoms with E-state index >= 15 is 0 Å². The maximum Gasteiger partial charge on any atom is 0.0467 e. The largest absolute Gasteiger partial charge is 0.329 e. The van der Waals surface area contributed by atoms with Gasteiger partial charge in [0.25, 0.3) is 0 Å². The number of unbranched alkanes of at least 4 members (excludes halogenated alkanes) is 2. The zero-order chi connectivity index (χ0) is 13.5. The molecule has 0 bridgehead atoms. The van der Waals surface area contributed by atoms with Gasteiger partial charge in [-0.15, -0.1) is 0 Å². The molecule has 1 unspecified atom stereocenters. The van der Waals surface area contributed by atoms with Gasteiger partial charge in [-0.25, -0.2) is 0 Å². The minimum Gasteiger partial charge on any atom is -0.329 e. The lowest BCUT2D eigenvalue weighted by molar-refractivity contribution is 0.245. The van der Waals surface area contributed by atoms with Crippen molar-refractivity contribution < 1.29 is 0 Å². The summed E-state index contributed by atoms with van der Waals surface area (Å²) < 4.78 is 1.17. The zero-order valence-corrected chi connectivity index (χ0v) is 13.3. The number of nitrogens with two attached hydrogens (primary N) is 1. The smallest absolute Gasteiger partial charge is 0.0467 e. The highest BCUT2D eigenvalue weighted by atomic mass is 79.9. The lowest BCUT2D eigenvalue weighted by Crippen LogP contribution is -2.31. The standard InChI is InChI=1S/C15H25BrN2/c1-4-5-6-9-18(3)15(11-17)13-8-7-12(2)14(16)10-13/h7-8,10,15H,4-6,9,11,17H2,1-3H3. The van der Waals surface area contributed by atoms with Crippen LogP contribution in [0.3, 0.4) is 0 Å². The van der Waals surface area contributed by atoms with E-state index in [1.165, 1.54) is 34.9 Å². The molecule has 0 saturated heterocycles. The average Bonchev–Trinajstić information content (AvgIpc) is 2.35. The van der Waals surface area contributed by atoms with Crippen LogP contribution < -0.4 is 5.73 Å². The van der Waals surface area contributed by atoms with Crippen molar-refractivity contribution in [3.8, 4) is 0 Å². The summed E-state index contributed by atoms with van der Waals surface area (Å²) in [5.41, 5.74) is 8.51. The number of halogens is 1. The molecular formula is C15H25BrN2. The zero-order valence-electron chi connectivity index (χ0n) is 11.7. The summed E-state index contributed by atoms with van der Waals surface area (Å²) in [6.07, 6.45) is 3.80. The van der Waals surface area contributed by atoms with E-state index in [-0.39, 0.29) is 0 Å². The molecule has 2 nitrogen and oxygen atoms in total. The summed E-state index contributed by atoms with van der Waals surface area (Å²) in [4.78, 5) is 2.37. The van der Waals surface area contributed by atoms with Crippen molar-refractivity contribution in [2.75, 3.05) is 20.1 Å². The summed E-state index contributed by atoms with van der Waals surface area (Å²) in [5, 5.41) is 0. The molecule has 0 fully saturated rings. The summed E-state index contributed by atoms with van der Waals surface area (Å²) in [6.45, 7) is 6.12. The molecule has 0 heterocycles. The maximum absolute atomic E-state index is 5.94. The minimum atomic E-state index is 0.318. The highest BCUT2D eigenvalue weighted by Crippen LogP contribution is 2.24. The minimum absolute atomic E-state index is 0.318. The fourth-order valence-electron chi connectivity index (χ4n) is 2.15. The molecule has 1 rings (SSSR count). The molecule has 1 atom stereocenters. The number of hydrogen-bond donors (Lipinski definition) is 1. The maximum atomic E-state index is 5.94. The molecule has 0 aliphatic carbocycles. The van der Waals surface area contributed by atoms with Crippen LogP contribution >= 0.6 is 15.9 Å². The van der Waals surface area contributed by atoms with Gasteiger partial charge >= 0.3 is 0 Å². The van der Waals surface area contributed by atoms with Gasteiger partial charge in [-0.1, -0.05) is 47.8 Å². The molecule has 1 aromatic rings. The van der Waals surface area contributed by atoms with Crippen molar-refractivity contribution in [1.29, 1.82) is 0 Å². The number of aryl methyl sites for hydroxylation is 1. The first-order valence-electron chi connectivity index (χ1n) is 6.76. The first kappa shape index (κ1) is 15.7. The fraction of sp³-hybridized carbons (Fsp3) is 0.600. The van der Waals surface area contributed by atoms with Crippen LogP contribution in [0.2, 0.25) is 0 Å². The van der Waals surface area contributed by atoms with Gasteiger partial charge in [0.1, 0.15) is 0 Å². The van der Waals surface area contributed by atoms with Crippen LogP contribution in [0.25, 0.3) is 0 Å². The number of rotatable bonds is 7. The second-order valence-corrected chi connectivity index (χ2v) is 5.80. The molecule has 0 aromatic heterocycles. The fourth-order valence-corrected chi connectivity index (χ4v) is 2.55. The van der Waals surface area contributed by atoms with Gasteiger partial charge in [0, 0.05) is 17.1 Å². The number of nitrogens with zero attached hydrogens (tertiary/aromatic N) is 1. The van der Waals surface area contributed by atoms with Crippen LogP contribution in [0.5, 0.6) is 0 Å². The third-order valence-electron chi connectivity index (χ3n) is 3.45. The van der Waals surface area contributed by atoms with Crippen LogP contribution in [0.15, 0.2) is 22.7 Å². The van der Waals surface area contributed by atoms with Gasteiger partial charge in [0.05, 0.1) is 0 Å². The summed E-state index contributed by atoms with van der Waals surface area (Å²) >= 11 is 3.60. The van der Waals surface area contributed by atoms with Crippen LogP contribution in [-0.4, -0.2) is 25.0 Å². The molecule has 102 valence electrons. The number of benzene rings is 1. The van der Waals surface area contributed by atoms with Crippen molar-refractivity contribution >= 4 is 15.9 Å². The Bertz CT molecular complexity index is 366. The van der Waals surface area contributed by atoms with E-state index in [9.17, 15) is 0 Å². The summed E-state index contributed by atoms with van der Waals surface area (Å²) in [6, 6.07) is 6.86. The van der Waals surface area contributed by atoms with Crippen molar-refractivity contribution in [3.05, 3.63) is 33.8 Å². The van der Waals surface area contributed by atoms with Crippen LogP contribution in [-0.2, 0) is 0 Å². The first-order chi connectivity index (χ1) is 8.60. The Hall–Kier alpha value is -0.380. The SMILES string of the molecule is CCCCCN(C)C(CN)c1ccc(C)c(Br)c1. The lowest BCUT2D eigenvalue weighted by Gasteiger charge is -2.27. The van der Waals surface area contributed by atoms with Crippen LogP contribution in [0, 0.1) is 6.92 Å². The van der Waals surface area contributed by atoms with E-state index in [2.05, 4.69) is 59.9 Å². The molecule has 18 heavy (non-hydrogen) atoms. The monoisotopic (exact) mass is 312 g/mol. The van der Waals surface area contributed by atoms with Gasteiger partial charge in [0.15, 0.2) is 0 Å². The number of likely N-dealkylation sites (N-methyl/N-ethyl adjacent to an activating group) is 1. The van der Waals surface area contributed by atoms with E-state index in [0.29, 0.717) is 12.6 Å². The lowest BCUT2D eigenvalue weighted by atomic mass is 10.0. The van der Waals surface area contributed by atoms with Crippen molar-refractivity contribution in [3.63, 3.8) is 0 Å². The molecular weight excluding hydrogens is 288 g/mol. The Balaban J connectivity index is 2.72. The van der Waals surface area contributed by atoms with Gasteiger partial charge in [-0.05, 0) is 44.1 Å². The molecule has 0 amide bonds. The molecule has 3 heteroatoms. The topological polar surface area (TPSA) is 29.3 Å². The van der Waals surface area contributed by atoms with Crippen molar-refractivity contribution in [1.82, 2.24) is 4.90 Å². The molecule has 1 aromatic carbocycles. The van der Waals surface area contributed by atoms with E-state index in [1.807, 2.05) is 0 Å². The van der Waals surface area contributed by atoms with Gasteiger partial charge in [0.2, 0.25) is 0 Å². The molecule has 0 aliphatic heterocycles. The highest BCUT2D eigenvalue weighted by molar-refractivity contribution is 9.10. The average molecular weight is 313 g/mol. The van der Waals surface area contributed by atoms with E-state index in [1.54, 1.807) is 0 Å². The third kappa shape index (κ3) is 4.38. The molecule has 0 saturated carbocycles. The van der Waals surface area contributed by atoms with E-state index < -0.39 is 0 Å². The van der Waals surface area contributed by atoms with Crippen molar-refractivity contribution in [2.24, 2.45) is 5.73 Å². The van der Waals surface area contributed by atoms with E-state index in [4.69, 9.17) is 5.73 Å². The van der Waals surface area contributed by atoms with Crippen LogP contribution in [0.1, 0.15) is 43.4 Å². The Morgan fingerprint density at radius 3 is 2.61 bits per heavy atom. The third-order valence-corrected chi connectivity index (χ3v) is 4.30. The van der Waals surface area contributed by atoms with Gasteiger partial charge in [-0.3, -0.25) is 4.90 Å². The quantitative estimate of drug-likeness (QED) is 0.774. The Morgan fingerprint density at radius 1 is 1.33 bits per heavy atom. The molecule has 0 aliphatic rings. The molecule has 2 N–H and O–H groups in total. The summed E-state index contributed by atoms with van der Waals surface area (Å²) in [5.74, 6) is 0. The Labute approximate surface area is 120 Å². The predicted octanol–water partition coefficient (Wildman–Crippen LogP) is 3.88. The van der Waals surface area contributed by atoms with E-state index in [0.717, 1.165) is 6.54 Å². The predicted molar refractivity (Wildman–Crippen MR) is 82.8 cm³/mol.